The van der Waals surface area contributed by atoms with E-state index in [4.69, 9.17) is 9.47 Å². The van der Waals surface area contributed by atoms with Crippen LogP contribution < -0.4 is 14.8 Å². The number of hydrogen-bond acceptors (Lipinski definition) is 4. The molecule has 0 aliphatic carbocycles. The predicted molar refractivity (Wildman–Crippen MR) is 120 cm³/mol. The van der Waals surface area contributed by atoms with Crippen LogP contribution in [-0.4, -0.2) is 12.5 Å². The first-order chi connectivity index (χ1) is 15.6. The Morgan fingerprint density at radius 2 is 1.75 bits per heavy atom. The lowest BCUT2D eigenvalue weighted by Crippen LogP contribution is -2.23. The summed E-state index contributed by atoms with van der Waals surface area (Å²) in [6.07, 6.45) is 1.51. The van der Waals surface area contributed by atoms with Crippen molar-refractivity contribution in [3.63, 3.8) is 0 Å². The van der Waals surface area contributed by atoms with E-state index in [2.05, 4.69) is 5.32 Å². The summed E-state index contributed by atoms with van der Waals surface area (Å²) >= 11 is 0. The van der Waals surface area contributed by atoms with Crippen molar-refractivity contribution in [1.29, 1.82) is 5.26 Å². The van der Waals surface area contributed by atoms with Gasteiger partial charge in [0.25, 0.3) is 5.91 Å². The lowest BCUT2D eigenvalue weighted by atomic mass is 10.1. The third-order valence-corrected chi connectivity index (χ3v) is 4.55. The van der Waals surface area contributed by atoms with Crippen LogP contribution in [0.1, 0.15) is 23.6 Å². The Morgan fingerprint density at radius 3 is 2.44 bits per heavy atom. The molecule has 5 nitrogen and oxygen atoms in total. The van der Waals surface area contributed by atoms with Crippen molar-refractivity contribution < 1.29 is 18.7 Å². The number of hydrogen-bond donors (Lipinski definition) is 1. The summed E-state index contributed by atoms with van der Waals surface area (Å²) in [6, 6.07) is 22.7. The average Bonchev–Trinajstić information content (AvgIpc) is 2.82. The number of benzene rings is 3. The first-order valence-corrected chi connectivity index (χ1v) is 10.2. The van der Waals surface area contributed by atoms with E-state index in [9.17, 15) is 14.4 Å². The third kappa shape index (κ3) is 6.44. The molecule has 3 aromatic carbocycles. The highest BCUT2D eigenvalue weighted by Crippen LogP contribution is 2.30. The van der Waals surface area contributed by atoms with Crippen LogP contribution in [-0.2, 0) is 17.9 Å². The smallest absolute Gasteiger partial charge is 0.262 e. The number of nitrogens with one attached hydrogen (secondary N) is 1. The highest BCUT2D eigenvalue weighted by molar-refractivity contribution is 6.01. The minimum Gasteiger partial charge on any atom is -0.490 e. The van der Waals surface area contributed by atoms with E-state index in [-0.39, 0.29) is 18.0 Å². The molecule has 0 spiro atoms. The minimum atomic E-state index is -0.453. The molecule has 0 saturated carbocycles. The molecule has 0 saturated heterocycles. The first-order valence-electron chi connectivity index (χ1n) is 10.2. The molecule has 3 rings (SSSR count). The van der Waals surface area contributed by atoms with Crippen molar-refractivity contribution in [2.24, 2.45) is 0 Å². The highest BCUT2D eigenvalue weighted by atomic mass is 19.1. The van der Waals surface area contributed by atoms with E-state index in [1.807, 2.05) is 43.3 Å². The average molecular weight is 430 g/mol. The van der Waals surface area contributed by atoms with Gasteiger partial charge in [0.2, 0.25) is 0 Å². The fourth-order valence-electron chi connectivity index (χ4n) is 2.93. The number of nitrogens with zero attached hydrogens (tertiary/aromatic N) is 1. The van der Waals surface area contributed by atoms with E-state index in [0.29, 0.717) is 30.2 Å². The molecule has 0 unspecified atom stereocenters. The molecule has 6 heteroatoms. The van der Waals surface area contributed by atoms with Crippen LogP contribution >= 0.6 is 0 Å². The quantitative estimate of drug-likeness (QED) is 0.382. The molecule has 0 atom stereocenters. The Hall–Kier alpha value is -4.11. The molecule has 0 bridgehead atoms. The monoisotopic (exact) mass is 430 g/mol. The van der Waals surface area contributed by atoms with Crippen LogP contribution in [0.3, 0.4) is 0 Å². The minimum absolute atomic E-state index is 0.0108. The molecule has 0 aliphatic rings. The summed E-state index contributed by atoms with van der Waals surface area (Å²) in [5.74, 6) is 0.248. The topological polar surface area (TPSA) is 71.3 Å². The van der Waals surface area contributed by atoms with Gasteiger partial charge in [0.15, 0.2) is 11.5 Å². The van der Waals surface area contributed by atoms with Gasteiger partial charge >= 0.3 is 0 Å². The second-order valence-electron chi connectivity index (χ2n) is 6.89. The van der Waals surface area contributed by atoms with E-state index in [0.717, 1.165) is 11.1 Å². The Bertz CT molecular complexity index is 1120. The Labute approximate surface area is 186 Å². The maximum atomic E-state index is 13.1. The van der Waals surface area contributed by atoms with Crippen molar-refractivity contribution in [1.82, 2.24) is 5.32 Å². The zero-order valence-corrected chi connectivity index (χ0v) is 17.7. The SMILES string of the molecule is CCOc1cc(/C=C(/C#N)C(=O)NCc2ccccc2)ccc1OCc1ccc(F)cc1. The fourth-order valence-corrected chi connectivity index (χ4v) is 2.93. The van der Waals surface area contributed by atoms with Crippen molar-refractivity contribution in [2.75, 3.05) is 6.61 Å². The second kappa shape index (κ2) is 11.3. The van der Waals surface area contributed by atoms with Crippen LogP contribution in [0.2, 0.25) is 0 Å². The Balaban J connectivity index is 1.72. The molecule has 3 aromatic rings. The van der Waals surface area contributed by atoms with Crippen molar-refractivity contribution in [3.05, 3.63) is 101 Å². The number of carbonyl (C=O) groups is 1. The van der Waals surface area contributed by atoms with Crippen molar-refractivity contribution in [2.45, 2.75) is 20.1 Å². The molecule has 0 aliphatic heterocycles. The summed E-state index contributed by atoms with van der Waals surface area (Å²) in [5.41, 5.74) is 2.39. The summed E-state index contributed by atoms with van der Waals surface area (Å²) in [5, 5.41) is 12.2. The number of halogens is 1. The largest absolute Gasteiger partial charge is 0.490 e. The molecule has 0 heterocycles. The zero-order valence-electron chi connectivity index (χ0n) is 17.7. The van der Waals surface area contributed by atoms with Gasteiger partial charge in [-0.2, -0.15) is 5.26 Å². The number of rotatable bonds is 9. The molecule has 1 N–H and O–H groups in total. The van der Waals surface area contributed by atoms with Gasteiger partial charge in [0.1, 0.15) is 24.1 Å². The standard InChI is InChI=1S/C26H23FN2O3/c1-2-31-25-15-21(10-13-24(25)32-18-20-8-11-23(27)12-9-20)14-22(16-28)26(30)29-17-19-6-4-3-5-7-19/h3-15H,2,17-18H2,1H3,(H,29,30)/b22-14-. The molecule has 0 aromatic heterocycles. The number of ether oxygens (including phenoxy) is 2. The molecule has 0 radical (unpaired) electrons. The summed E-state index contributed by atoms with van der Waals surface area (Å²) in [6.45, 7) is 2.85. The lowest BCUT2D eigenvalue weighted by molar-refractivity contribution is -0.117. The Morgan fingerprint density at radius 1 is 1.00 bits per heavy atom. The fraction of sp³-hybridized carbons (Fsp3) is 0.154. The molecule has 32 heavy (non-hydrogen) atoms. The van der Waals surface area contributed by atoms with Gasteiger partial charge in [-0.3, -0.25) is 4.79 Å². The van der Waals surface area contributed by atoms with E-state index < -0.39 is 5.91 Å². The van der Waals surface area contributed by atoms with Gasteiger partial charge in [-0.1, -0.05) is 48.5 Å². The summed E-state index contributed by atoms with van der Waals surface area (Å²) in [4.78, 5) is 12.4. The van der Waals surface area contributed by atoms with Gasteiger partial charge in [-0.25, -0.2) is 4.39 Å². The van der Waals surface area contributed by atoms with Crippen molar-refractivity contribution >= 4 is 12.0 Å². The van der Waals surface area contributed by atoms with Crippen molar-refractivity contribution in [3.8, 4) is 17.6 Å². The molecule has 1 amide bonds. The molecular formula is C26H23FN2O3. The predicted octanol–water partition coefficient (Wildman–Crippen LogP) is 5.03. The normalized spacial score (nSPS) is 10.8. The third-order valence-electron chi connectivity index (χ3n) is 4.55. The maximum absolute atomic E-state index is 13.1. The number of amides is 1. The van der Waals surface area contributed by atoms with Crippen LogP contribution in [0.5, 0.6) is 11.5 Å². The second-order valence-corrected chi connectivity index (χ2v) is 6.89. The summed E-state index contributed by atoms with van der Waals surface area (Å²) < 4.78 is 24.6. The van der Waals surface area contributed by atoms with E-state index in [1.165, 1.54) is 18.2 Å². The van der Waals surface area contributed by atoms with Crippen LogP contribution in [0.15, 0.2) is 78.4 Å². The maximum Gasteiger partial charge on any atom is 0.262 e. The molecule has 0 fully saturated rings. The number of carbonyl (C=O) groups excluding carboxylic acids is 1. The van der Waals surface area contributed by atoms with Crippen LogP contribution in [0.4, 0.5) is 4.39 Å². The van der Waals surface area contributed by atoms with Gasteiger partial charge in [0, 0.05) is 6.54 Å². The summed E-state index contributed by atoms with van der Waals surface area (Å²) in [7, 11) is 0. The van der Waals surface area contributed by atoms with E-state index in [1.54, 1.807) is 30.3 Å². The number of nitriles is 1. The lowest BCUT2D eigenvalue weighted by Gasteiger charge is -2.13. The molecular weight excluding hydrogens is 407 g/mol. The first kappa shape index (κ1) is 22.6. The van der Waals surface area contributed by atoms with Crippen LogP contribution in [0, 0.1) is 17.1 Å². The Kier molecular flexibility index (Phi) is 7.99. The van der Waals surface area contributed by atoms with Gasteiger partial charge in [0.05, 0.1) is 6.61 Å². The van der Waals surface area contributed by atoms with E-state index >= 15 is 0 Å². The van der Waals surface area contributed by atoms with Gasteiger partial charge in [-0.05, 0) is 54.0 Å². The van der Waals surface area contributed by atoms with Crippen LogP contribution in [0.25, 0.3) is 6.08 Å². The zero-order chi connectivity index (χ0) is 22.8. The van der Waals surface area contributed by atoms with Gasteiger partial charge in [-0.15, -0.1) is 0 Å². The van der Waals surface area contributed by atoms with Gasteiger partial charge < -0.3 is 14.8 Å². The molecule has 162 valence electrons. The highest BCUT2D eigenvalue weighted by Gasteiger charge is 2.11.